The number of rotatable bonds is 4. The number of aliphatic hydroxyl groups excluding tert-OH is 3. The molecule has 11 heteroatoms. The summed E-state index contributed by atoms with van der Waals surface area (Å²) in [6.45, 7) is -0.429. The van der Waals surface area contributed by atoms with Gasteiger partial charge in [-0.25, -0.2) is 15.0 Å². The van der Waals surface area contributed by atoms with Gasteiger partial charge in [0.1, 0.15) is 23.8 Å². The maximum absolute atomic E-state index is 10.1. The number of hydrogen-bond donors (Lipinski definition) is 4. The summed E-state index contributed by atoms with van der Waals surface area (Å²) in [7, 11) is 0. The zero-order chi connectivity index (χ0) is 16.6. The van der Waals surface area contributed by atoms with Crippen LogP contribution in [0.2, 0.25) is 0 Å². The third-order valence-corrected chi connectivity index (χ3v) is 4.20. The fraction of sp³-hybridized carbons (Fsp3) is 0.500. The van der Waals surface area contributed by atoms with Crippen molar-refractivity contribution >= 4 is 28.7 Å². The summed E-state index contributed by atoms with van der Waals surface area (Å²) in [5, 5.41) is 38.1. The molecule has 1 unspecified atom stereocenters. The van der Waals surface area contributed by atoms with E-state index in [2.05, 4.69) is 15.0 Å². The van der Waals surface area contributed by atoms with Crippen molar-refractivity contribution in [2.75, 3.05) is 18.1 Å². The number of ether oxygens (including phenoxy) is 1. The molecule has 3 rings (SSSR count). The van der Waals surface area contributed by atoms with Crippen molar-refractivity contribution in [3.63, 3.8) is 0 Å². The number of anilines is 1. The Morgan fingerprint density at radius 2 is 2.17 bits per heavy atom. The van der Waals surface area contributed by atoms with Gasteiger partial charge in [0.05, 0.1) is 24.8 Å². The Bertz CT molecular complexity index is 762. The van der Waals surface area contributed by atoms with Crippen LogP contribution in [-0.4, -0.2) is 65.5 Å². The van der Waals surface area contributed by atoms with Crippen LogP contribution in [0.5, 0.6) is 0 Å². The Kier molecular flexibility index (Phi) is 4.33. The first-order chi connectivity index (χ1) is 11.1. The number of hydrogen-bond acceptors (Lipinski definition) is 10. The smallest absolute Gasteiger partial charge is 0.192 e. The lowest BCUT2D eigenvalue weighted by atomic mass is 10.1. The first-order valence-electron chi connectivity index (χ1n) is 6.69. The first kappa shape index (κ1) is 15.9. The van der Waals surface area contributed by atoms with Crippen LogP contribution in [0.1, 0.15) is 6.23 Å². The minimum absolute atomic E-state index is 0.140. The van der Waals surface area contributed by atoms with E-state index in [1.807, 2.05) is 6.07 Å². The second-order valence-electron chi connectivity index (χ2n) is 4.89. The molecule has 10 nitrogen and oxygen atoms in total. The zero-order valence-electron chi connectivity index (χ0n) is 11.8. The van der Waals surface area contributed by atoms with E-state index in [0.717, 1.165) is 11.8 Å². The molecule has 0 aliphatic carbocycles. The quantitative estimate of drug-likeness (QED) is 0.386. The van der Waals surface area contributed by atoms with Gasteiger partial charge in [0.2, 0.25) is 0 Å². The predicted molar refractivity (Wildman–Crippen MR) is 79.1 cm³/mol. The maximum Gasteiger partial charge on any atom is 0.192 e. The SMILES string of the molecule is N#CCSc1nc(N)c2ncn([C@@H]3O[C@H](CO)C(O)[C@@H]3O)c2n1. The Morgan fingerprint density at radius 3 is 2.83 bits per heavy atom. The normalized spacial score (nSPS) is 27.4. The van der Waals surface area contributed by atoms with Crippen LogP contribution in [0.4, 0.5) is 5.82 Å². The molecule has 0 aromatic carbocycles. The number of fused-ring (bicyclic) bond motifs is 1. The summed E-state index contributed by atoms with van der Waals surface area (Å²) in [5.74, 6) is 0.299. The molecule has 1 aliphatic rings. The number of nitrogens with zero attached hydrogens (tertiary/aromatic N) is 5. The molecule has 1 aliphatic heterocycles. The average molecular weight is 338 g/mol. The van der Waals surface area contributed by atoms with Crippen LogP contribution in [0, 0.1) is 11.3 Å². The summed E-state index contributed by atoms with van der Waals surface area (Å²) in [4.78, 5) is 12.4. The lowest BCUT2D eigenvalue weighted by Gasteiger charge is -2.16. The van der Waals surface area contributed by atoms with E-state index >= 15 is 0 Å². The van der Waals surface area contributed by atoms with Crippen molar-refractivity contribution < 1.29 is 20.1 Å². The highest BCUT2D eigenvalue weighted by molar-refractivity contribution is 7.99. The van der Waals surface area contributed by atoms with Gasteiger partial charge in [-0.05, 0) is 0 Å². The molecule has 2 aromatic heterocycles. The van der Waals surface area contributed by atoms with Crippen LogP contribution in [-0.2, 0) is 4.74 Å². The Morgan fingerprint density at radius 1 is 1.39 bits per heavy atom. The van der Waals surface area contributed by atoms with E-state index in [0.29, 0.717) is 16.3 Å². The number of aliphatic hydroxyl groups is 3. The van der Waals surface area contributed by atoms with E-state index < -0.39 is 31.1 Å². The third-order valence-electron chi connectivity index (χ3n) is 3.49. The Balaban J connectivity index is 2.01. The molecule has 0 bridgehead atoms. The lowest BCUT2D eigenvalue weighted by Crippen LogP contribution is -2.33. The molecule has 0 radical (unpaired) electrons. The highest BCUT2D eigenvalue weighted by Crippen LogP contribution is 2.32. The van der Waals surface area contributed by atoms with Crippen molar-refractivity contribution in [1.82, 2.24) is 19.5 Å². The van der Waals surface area contributed by atoms with Gasteiger partial charge in [0, 0.05) is 0 Å². The number of nitrogen functional groups attached to an aromatic ring is 1. The van der Waals surface area contributed by atoms with Crippen molar-refractivity contribution in [3.8, 4) is 6.07 Å². The fourth-order valence-electron chi connectivity index (χ4n) is 2.38. The lowest BCUT2D eigenvalue weighted by molar-refractivity contribution is -0.0511. The predicted octanol–water partition coefficient (Wildman–Crippen LogP) is -1.36. The highest BCUT2D eigenvalue weighted by atomic mass is 32.2. The monoisotopic (exact) mass is 338 g/mol. The van der Waals surface area contributed by atoms with Crippen molar-refractivity contribution in [2.45, 2.75) is 29.7 Å². The summed E-state index contributed by atoms with van der Waals surface area (Å²) in [5.41, 5.74) is 6.48. The molecule has 122 valence electrons. The number of imidazole rings is 1. The van der Waals surface area contributed by atoms with Crippen LogP contribution in [0.15, 0.2) is 11.5 Å². The van der Waals surface area contributed by atoms with Gasteiger partial charge in [0.25, 0.3) is 0 Å². The van der Waals surface area contributed by atoms with E-state index in [9.17, 15) is 10.2 Å². The molecule has 0 spiro atoms. The van der Waals surface area contributed by atoms with Crippen LogP contribution >= 0.6 is 11.8 Å². The number of aromatic nitrogens is 4. The summed E-state index contributed by atoms with van der Waals surface area (Å²) >= 11 is 1.11. The third kappa shape index (κ3) is 2.71. The molecule has 4 atom stereocenters. The molecule has 5 N–H and O–H groups in total. The van der Waals surface area contributed by atoms with E-state index in [4.69, 9.17) is 20.8 Å². The topological polar surface area (TPSA) is 163 Å². The molecule has 0 amide bonds. The second kappa shape index (κ2) is 6.26. The Labute approximate surface area is 134 Å². The molecular weight excluding hydrogens is 324 g/mol. The van der Waals surface area contributed by atoms with E-state index in [1.54, 1.807) is 0 Å². The van der Waals surface area contributed by atoms with E-state index in [1.165, 1.54) is 10.9 Å². The van der Waals surface area contributed by atoms with Gasteiger partial charge in [-0.2, -0.15) is 5.26 Å². The minimum atomic E-state index is -1.25. The van der Waals surface area contributed by atoms with Crippen molar-refractivity contribution in [2.24, 2.45) is 0 Å². The van der Waals surface area contributed by atoms with Crippen LogP contribution in [0.25, 0.3) is 11.2 Å². The first-order valence-corrected chi connectivity index (χ1v) is 7.67. The van der Waals surface area contributed by atoms with Gasteiger partial charge in [0.15, 0.2) is 22.8 Å². The van der Waals surface area contributed by atoms with Gasteiger partial charge >= 0.3 is 0 Å². The fourth-order valence-corrected chi connectivity index (χ4v) is 2.88. The number of thioether (sulfide) groups is 1. The van der Waals surface area contributed by atoms with Crippen LogP contribution < -0.4 is 5.73 Å². The highest BCUT2D eigenvalue weighted by Gasteiger charge is 2.44. The van der Waals surface area contributed by atoms with E-state index in [-0.39, 0.29) is 11.6 Å². The number of nitrogens with two attached hydrogens (primary N) is 1. The molecule has 2 aromatic rings. The summed E-state index contributed by atoms with van der Waals surface area (Å²) in [6, 6.07) is 1.97. The van der Waals surface area contributed by atoms with Gasteiger partial charge in [-0.3, -0.25) is 4.57 Å². The van der Waals surface area contributed by atoms with Gasteiger partial charge < -0.3 is 25.8 Å². The average Bonchev–Trinajstić information content (AvgIpc) is 3.08. The Hall–Kier alpha value is -1.97. The minimum Gasteiger partial charge on any atom is -0.394 e. The standard InChI is InChI=1S/C12H14N6O4S/c13-1-2-23-12-16-9(14)6-10(17-12)18(4-15-6)11-8(21)7(20)5(3-19)22-11/h4-5,7-8,11,19-21H,2-3H2,(H2,14,16,17)/t5-,7?,8+,11-/m1/s1. The zero-order valence-corrected chi connectivity index (χ0v) is 12.6. The molecule has 3 heterocycles. The summed E-state index contributed by atoms with van der Waals surface area (Å²) in [6.07, 6.45) is -2.98. The maximum atomic E-state index is 10.1. The molecule has 0 saturated carbocycles. The molecule has 1 saturated heterocycles. The van der Waals surface area contributed by atoms with Gasteiger partial charge in [-0.1, -0.05) is 11.8 Å². The second-order valence-corrected chi connectivity index (χ2v) is 5.83. The molecular formula is C12H14N6O4S. The van der Waals surface area contributed by atoms with Gasteiger partial charge in [-0.15, -0.1) is 0 Å². The van der Waals surface area contributed by atoms with Crippen molar-refractivity contribution in [3.05, 3.63) is 6.33 Å². The van der Waals surface area contributed by atoms with Crippen molar-refractivity contribution in [1.29, 1.82) is 5.26 Å². The molecule has 1 fully saturated rings. The molecule has 23 heavy (non-hydrogen) atoms. The summed E-state index contributed by atoms with van der Waals surface area (Å²) < 4.78 is 6.89. The largest absolute Gasteiger partial charge is 0.394 e. The number of nitriles is 1. The van der Waals surface area contributed by atoms with Crippen LogP contribution in [0.3, 0.4) is 0 Å².